The Hall–Kier alpha value is -2.11. The molecule has 6 heteroatoms. The highest BCUT2D eigenvalue weighted by atomic mass is 19.1. The highest BCUT2D eigenvalue weighted by molar-refractivity contribution is 6.00. The van der Waals surface area contributed by atoms with Crippen LogP contribution in [0, 0.1) is 11.7 Å². The molecule has 0 spiro atoms. The van der Waals surface area contributed by atoms with Gasteiger partial charge in [-0.15, -0.1) is 0 Å². The quantitative estimate of drug-likeness (QED) is 0.901. The summed E-state index contributed by atoms with van der Waals surface area (Å²) in [7, 11) is 0. The van der Waals surface area contributed by atoms with Crippen LogP contribution in [0.3, 0.4) is 0 Å². The van der Waals surface area contributed by atoms with E-state index in [0.717, 1.165) is 0 Å². The molecule has 1 aromatic rings. The largest absolute Gasteiger partial charge is 0.492 e. The van der Waals surface area contributed by atoms with Crippen molar-refractivity contribution < 1.29 is 23.8 Å². The Morgan fingerprint density at radius 2 is 2.32 bits per heavy atom. The molecule has 1 unspecified atom stereocenters. The summed E-state index contributed by atoms with van der Waals surface area (Å²) in [4.78, 5) is 24.1. The minimum Gasteiger partial charge on any atom is -0.492 e. The second-order valence-electron chi connectivity index (χ2n) is 4.29. The van der Waals surface area contributed by atoms with E-state index in [1.807, 2.05) is 0 Å². The van der Waals surface area contributed by atoms with E-state index in [2.05, 4.69) is 0 Å². The van der Waals surface area contributed by atoms with Gasteiger partial charge in [0, 0.05) is 19.0 Å². The Balaban J connectivity index is 2.31. The highest BCUT2D eigenvalue weighted by Crippen LogP contribution is 2.33. The van der Waals surface area contributed by atoms with Crippen LogP contribution in [0.2, 0.25) is 0 Å². The first-order valence-corrected chi connectivity index (χ1v) is 5.98. The molecule has 1 aromatic carbocycles. The topological polar surface area (TPSA) is 66.8 Å². The number of carboxylic acids is 1. The number of nitrogens with zero attached hydrogens (tertiary/aromatic N) is 1. The third-order valence-corrected chi connectivity index (χ3v) is 2.99. The number of benzene rings is 1. The smallest absolute Gasteiger partial charge is 0.308 e. The second-order valence-corrected chi connectivity index (χ2v) is 4.29. The van der Waals surface area contributed by atoms with E-state index in [9.17, 15) is 14.0 Å². The lowest BCUT2D eigenvalue weighted by molar-refractivity contribution is -0.141. The molecule has 1 amide bonds. The van der Waals surface area contributed by atoms with Gasteiger partial charge in [0.1, 0.15) is 11.6 Å². The van der Waals surface area contributed by atoms with Crippen LogP contribution in [-0.2, 0) is 9.59 Å². The number of hydrogen-bond donors (Lipinski definition) is 1. The molecule has 1 fully saturated rings. The Morgan fingerprint density at radius 3 is 2.89 bits per heavy atom. The van der Waals surface area contributed by atoms with Crippen molar-refractivity contribution in [1.29, 1.82) is 0 Å². The molecular formula is C13H14FNO4. The molecule has 1 heterocycles. The SMILES string of the molecule is CCOc1cc(F)ccc1N1CC(C(=O)O)CC1=O. The zero-order valence-corrected chi connectivity index (χ0v) is 10.4. The lowest BCUT2D eigenvalue weighted by Gasteiger charge is -2.19. The van der Waals surface area contributed by atoms with Crippen molar-refractivity contribution in [3.63, 3.8) is 0 Å². The summed E-state index contributed by atoms with van der Waals surface area (Å²) in [6.07, 6.45) is -0.0434. The number of aliphatic carboxylic acids is 1. The number of hydrogen-bond acceptors (Lipinski definition) is 3. The maximum atomic E-state index is 13.2. The van der Waals surface area contributed by atoms with Gasteiger partial charge in [-0.2, -0.15) is 0 Å². The molecule has 1 atom stereocenters. The van der Waals surface area contributed by atoms with Crippen LogP contribution in [0.5, 0.6) is 5.75 Å². The molecule has 19 heavy (non-hydrogen) atoms. The van der Waals surface area contributed by atoms with Crippen LogP contribution in [0.4, 0.5) is 10.1 Å². The number of anilines is 1. The summed E-state index contributed by atoms with van der Waals surface area (Å²) >= 11 is 0. The van der Waals surface area contributed by atoms with Crippen LogP contribution >= 0.6 is 0 Å². The van der Waals surface area contributed by atoms with Crippen molar-refractivity contribution in [3.8, 4) is 5.75 Å². The first-order valence-electron chi connectivity index (χ1n) is 5.98. The fourth-order valence-corrected chi connectivity index (χ4v) is 2.09. The molecule has 5 nitrogen and oxygen atoms in total. The van der Waals surface area contributed by atoms with E-state index in [-0.39, 0.29) is 24.6 Å². The van der Waals surface area contributed by atoms with Gasteiger partial charge in [0.2, 0.25) is 5.91 Å². The van der Waals surface area contributed by atoms with Crippen molar-refractivity contribution in [1.82, 2.24) is 0 Å². The van der Waals surface area contributed by atoms with Crippen molar-refractivity contribution in [2.45, 2.75) is 13.3 Å². The van der Waals surface area contributed by atoms with Crippen molar-refractivity contribution in [2.75, 3.05) is 18.1 Å². The number of amides is 1. The normalized spacial score (nSPS) is 18.7. The molecule has 0 aromatic heterocycles. The fourth-order valence-electron chi connectivity index (χ4n) is 2.09. The molecule has 0 saturated carbocycles. The van der Waals surface area contributed by atoms with Gasteiger partial charge in [0.15, 0.2) is 0 Å². The van der Waals surface area contributed by atoms with Crippen LogP contribution in [0.25, 0.3) is 0 Å². The number of carbonyl (C=O) groups is 2. The predicted molar refractivity (Wildman–Crippen MR) is 65.7 cm³/mol. The van der Waals surface area contributed by atoms with Crippen LogP contribution in [0.15, 0.2) is 18.2 Å². The minimum absolute atomic E-state index is 0.0434. The van der Waals surface area contributed by atoms with Crippen LogP contribution < -0.4 is 9.64 Å². The summed E-state index contributed by atoms with van der Waals surface area (Å²) in [5.41, 5.74) is 0.414. The van der Waals surface area contributed by atoms with Crippen molar-refractivity contribution in [3.05, 3.63) is 24.0 Å². The van der Waals surface area contributed by atoms with Gasteiger partial charge >= 0.3 is 5.97 Å². The summed E-state index contributed by atoms with van der Waals surface area (Å²) in [5.74, 6) is -2.24. The summed E-state index contributed by atoms with van der Waals surface area (Å²) in [6.45, 7) is 2.17. The van der Waals surface area contributed by atoms with Gasteiger partial charge in [0.25, 0.3) is 0 Å². The van der Waals surface area contributed by atoms with Crippen LogP contribution in [0.1, 0.15) is 13.3 Å². The van der Waals surface area contributed by atoms with E-state index >= 15 is 0 Å². The van der Waals surface area contributed by atoms with E-state index in [1.165, 1.54) is 23.1 Å². The summed E-state index contributed by atoms with van der Waals surface area (Å²) in [5, 5.41) is 8.94. The number of rotatable bonds is 4. The third kappa shape index (κ3) is 2.67. The van der Waals surface area contributed by atoms with Gasteiger partial charge in [-0.05, 0) is 19.1 Å². The highest BCUT2D eigenvalue weighted by Gasteiger charge is 2.36. The number of carboxylic acid groups (broad SMARTS) is 1. The van der Waals surface area contributed by atoms with E-state index in [4.69, 9.17) is 9.84 Å². The molecule has 1 saturated heterocycles. The van der Waals surface area contributed by atoms with E-state index in [1.54, 1.807) is 6.92 Å². The van der Waals surface area contributed by atoms with Crippen LogP contribution in [-0.4, -0.2) is 30.1 Å². The summed E-state index contributed by atoms with van der Waals surface area (Å²) in [6, 6.07) is 3.85. The standard InChI is InChI=1S/C13H14FNO4/c1-2-19-11-6-9(14)3-4-10(11)15-7-8(13(17)18)5-12(15)16/h3-4,6,8H,2,5,7H2,1H3,(H,17,18). The molecular weight excluding hydrogens is 253 g/mol. The zero-order chi connectivity index (χ0) is 14.0. The minimum atomic E-state index is -1.00. The maximum absolute atomic E-state index is 13.2. The second kappa shape index (κ2) is 5.26. The molecule has 0 radical (unpaired) electrons. The lowest BCUT2D eigenvalue weighted by Crippen LogP contribution is -2.26. The van der Waals surface area contributed by atoms with Gasteiger partial charge in [-0.1, -0.05) is 0 Å². The van der Waals surface area contributed by atoms with Crippen molar-refractivity contribution in [2.24, 2.45) is 5.92 Å². The molecule has 0 aliphatic carbocycles. The summed E-state index contributed by atoms with van der Waals surface area (Å²) < 4.78 is 18.5. The van der Waals surface area contributed by atoms with Gasteiger partial charge in [0.05, 0.1) is 18.2 Å². The van der Waals surface area contributed by atoms with Gasteiger partial charge in [-0.25, -0.2) is 4.39 Å². The Kier molecular flexibility index (Phi) is 3.69. The molecule has 0 bridgehead atoms. The Labute approximate surface area is 109 Å². The van der Waals surface area contributed by atoms with Gasteiger partial charge in [-0.3, -0.25) is 9.59 Å². The molecule has 1 aliphatic rings. The monoisotopic (exact) mass is 267 g/mol. The number of ether oxygens (including phenoxy) is 1. The maximum Gasteiger partial charge on any atom is 0.308 e. The Bertz CT molecular complexity index is 517. The third-order valence-electron chi connectivity index (χ3n) is 2.99. The lowest BCUT2D eigenvalue weighted by atomic mass is 10.1. The molecule has 102 valence electrons. The fraction of sp³-hybridized carbons (Fsp3) is 0.385. The average molecular weight is 267 g/mol. The Morgan fingerprint density at radius 1 is 1.58 bits per heavy atom. The first kappa shape index (κ1) is 13.3. The predicted octanol–water partition coefficient (Wildman–Crippen LogP) is 1.66. The van der Waals surface area contributed by atoms with E-state index < -0.39 is 17.7 Å². The molecule has 1 N–H and O–H groups in total. The first-order chi connectivity index (χ1) is 9.02. The number of halogens is 1. The number of carbonyl (C=O) groups excluding carboxylic acids is 1. The molecule has 1 aliphatic heterocycles. The molecule has 2 rings (SSSR count). The van der Waals surface area contributed by atoms with Gasteiger partial charge < -0.3 is 14.7 Å². The van der Waals surface area contributed by atoms with Crippen molar-refractivity contribution >= 4 is 17.6 Å². The van der Waals surface area contributed by atoms with E-state index in [0.29, 0.717) is 12.3 Å². The zero-order valence-electron chi connectivity index (χ0n) is 10.4. The average Bonchev–Trinajstić information content (AvgIpc) is 2.72.